The minimum Gasteiger partial charge on any atom is -0.311 e. The molecule has 1 saturated heterocycles. The second-order valence-corrected chi connectivity index (χ2v) is 7.65. The molecule has 1 aliphatic rings. The average molecular weight is 287 g/mol. The van der Waals surface area contributed by atoms with Gasteiger partial charge in [-0.2, -0.15) is 11.8 Å². The summed E-state index contributed by atoms with van der Waals surface area (Å²) in [7, 11) is 0. The van der Waals surface area contributed by atoms with Gasteiger partial charge in [-0.25, -0.2) is 0 Å². The molecule has 0 bridgehead atoms. The van der Waals surface area contributed by atoms with Crippen LogP contribution in [-0.4, -0.2) is 48.1 Å². The third-order valence-electron chi connectivity index (χ3n) is 4.53. The smallest absolute Gasteiger partial charge is 0.0244 e. The molecule has 1 N–H and O–H groups in total. The Morgan fingerprint density at radius 2 is 2.00 bits per heavy atom. The number of rotatable bonds is 8. The summed E-state index contributed by atoms with van der Waals surface area (Å²) in [5, 5.41) is 3.79. The Morgan fingerprint density at radius 3 is 2.58 bits per heavy atom. The standard InChI is InChI=1S/C16H34N2S/c1-6-14(5)15-12-18(9-8-10-19-7-2)16(11-17-15)13(3)4/h13-17H,6-12H2,1-5H3. The minimum atomic E-state index is 0.693. The van der Waals surface area contributed by atoms with E-state index >= 15 is 0 Å². The van der Waals surface area contributed by atoms with Gasteiger partial charge >= 0.3 is 0 Å². The topological polar surface area (TPSA) is 15.3 Å². The van der Waals surface area contributed by atoms with Crippen molar-refractivity contribution < 1.29 is 0 Å². The summed E-state index contributed by atoms with van der Waals surface area (Å²) in [6, 6.07) is 1.42. The van der Waals surface area contributed by atoms with Crippen LogP contribution in [0.5, 0.6) is 0 Å². The van der Waals surface area contributed by atoms with Gasteiger partial charge in [-0.1, -0.05) is 41.0 Å². The average Bonchev–Trinajstić information content (AvgIpc) is 2.42. The highest BCUT2D eigenvalue weighted by Gasteiger charge is 2.31. The second-order valence-electron chi connectivity index (χ2n) is 6.26. The van der Waals surface area contributed by atoms with E-state index in [2.05, 4.69) is 56.6 Å². The maximum absolute atomic E-state index is 3.79. The molecule has 0 saturated carbocycles. The van der Waals surface area contributed by atoms with Crippen molar-refractivity contribution in [3.63, 3.8) is 0 Å². The van der Waals surface area contributed by atoms with Gasteiger partial charge in [-0.05, 0) is 36.3 Å². The first-order valence-corrected chi connectivity index (χ1v) is 9.30. The van der Waals surface area contributed by atoms with Gasteiger partial charge in [-0.3, -0.25) is 4.90 Å². The Bertz CT molecular complexity index is 233. The Kier molecular flexibility index (Phi) is 8.43. The highest BCUT2D eigenvalue weighted by molar-refractivity contribution is 7.99. The lowest BCUT2D eigenvalue weighted by Crippen LogP contribution is -2.60. The Labute approximate surface area is 125 Å². The maximum Gasteiger partial charge on any atom is 0.0244 e. The van der Waals surface area contributed by atoms with Gasteiger partial charge in [-0.15, -0.1) is 0 Å². The van der Waals surface area contributed by atoms with Crippen LogP contribution in [0.25, 0.3) is 0 Å². The summed E-state index contributed by atoms with van der Waals surface area (Å²) in [5.74, 6) is 4.12. The van der Waals surface area contributed by atoms with Crippen molar-refractivity contribution in [1.29, 1.82) is 0 Å². The quantitative estimate of drug-likeness (QED) is 0.688. The van der Waals surface area contributed by atoms with Crippen molar-refractivity contribution in [2.75, 3.05) is 31.1 Å². The van der Waals surface area contributed by atoms with E-state index in [1.807, 2.05) is 0 Å². The van der Waals surface area contributed by atoms with Gasteiger partial charge < -0.3 is 5.32 Å². The van der Waals surface area contributed by atoms with Crippen LogP contribution in [0.2, 0.25) is 0 Å². The number of thioether (sulfide) groups is 1. The summed E-state index contributed by atoms with van der Waals surface area (Å²) in [5.41, 5.74) is 0. The number of piperazine rings is 1. The molecule has 0 radical (unpaired) electrons. The molecular formula is C16H34N2S. The van der Waals surface area contributed by atoms with Gasteiger partial charge in [0.05, 0.1) is 0 Å². The zero-order valence-corrected chi connectivity index (χ0v) is 14.4. The van der Waals surface area contributed by atoms with E-state index in [0.717, 1.165) is 17.9 Å². The predicted octanol–water partition coefficient (Wildman–Crippen LogP) is 3.47. The summed E-state index contributed by atoms with van der Waals surface area (Å²) < 4.78 is 0. The minimum absolute atomic E-state index is 0.693. The fourth-order valence-corrected chi connectivity index (χ4v) is 3.57. The van der Waals surface area contributed by atoms with Crippen molar-refractivity contribution in [1.82, 2.24) is 10.2 Å². The Morgan fingerprint density at radius 1 is 1.26 bits per heavy atom. The van der Waals surface area contributed by atoms with Crippen molar-refractivity contribution in [3.8, 4) is 0 Å². The van der Waals surface area contributed by atoms with Crippen LogP contribution < -0.4 is 5.32 Å². The third kappa shape index (κ3) is 5.65. The van der Waals surface area contributed by atoms with E-state index < -0.39 is 0 Å². The van der Waals surface area contributed by atoms with Crippen molar-refractivity contribution in [3.05, 3.63) is 0 Å². The second kappa shape index (κ2) is 9.25. The molecule has 0 aromatic rings. The molecule has 2 nitrogen and oxygen atoms in total. The molecule has 0 aromatic heterocycles. The van der Waals surface area contributed by atoms with Crippen LogP contribution in [0.1, 0.15) is 47.5 Å². The normalized spacial score (nSPS) is 26.8. The van der Waals surface area contributed by atoms with Gasteiger partial charge in [0.25, 0.3) is 0 Å². The molecule has 3 atom stereocenters. The fraction of sp³-hybridized carbons (Fsp3) is 1.00. The summed E-state index contributed by atoms with van der Waals surface area (Å²) in [6.45, 7) is 15.4. The van der Waals surface area contributed by atoms with E-state index in [-0.39, 0.29) is 0 Å². The van der Waals surface area contributed by atoms with Gasteiger partial charge in [0.2, 0.25) is 0 Å². The van der Waals surface area contributed by atoms with E-state index in [9.17, 15) is 0 Å². The molecular weight excluding hydrogens is 252 g/mol. The number of hydrogen-bond donors (Lipinski definition) is 1. The number of nitrogens with one attached hydrogen (secondary N) is 1. The Balaban J connectivity index is 2.48. The highest BCUT2D eigenvalue weighted by Crippen LogP contribution is 2.20. The van der Waals surface area contributed by atoms with E-state index in [4.69, 9.17) is 0 Å². The van der Waals surface area contributed by atoms with Crippen LogP contribution >= 0.6 is 11.8 Å². The van der Waals surface area contributed by atoms with Crippen LogP contribution in [-0.2, 0) is 0 Å². The molecule has 1 aliphatic heterocycles. The zero-order valence-electron chi connectivity index (χ0n) is 13.6. The fourth-order valence-electron chi connectivity index (χ4n) is 2.95. The lowest BCUT2D eigenvalue weighted by molar-refractivity contribution is 0.0824. The van der Waals surface area contributed by atoms with Crippen LogP contribution in [0.15, 0.2) is 0 Å². The monoisotopic (exact) mass is 286 g/mol. The lowest BCUT2D eigenvalue weighted by atomic mass is 9.92. The molecule has 1 rings (SSSR count). The first kappa shape index (κ1) is 17.3. The molecule has 0 aliphatic carbocycles. The number of hydrogen-bond acceptors (Lipinski definition) is 3. The molecule has 19 heavy (non-hydrogen) atoms. The van der Waals surface area contributed by atoms with Crippen molar-refractivity contribution in [2.24, 2.45) is 11.8 Å². The molecule has 3 heteroatoms. The van der Waals surface area contributed by atoms with Crippen LogP contribution in [0, 0.1) is 11.8 Å². The maximum atomic E-state index is 3.79. The molecule has 0 aromatic carbocycles. The van der Waals surface area contributed by atoms with Gasteiger partial charge in [0.1, 0.15) is 0 Å². The van der Waals surface area contributed by atoms with E-state index in [1.165, 1.54) is 44.0 Å². The molecule has 0 spiro atoms. The molecule has 1 fully saturated rings. The molecule has 3 unspecified atom stereocenters. The van der Waals surface area contributed by atoms with Crippen molar-refractivity contribution >= 4 is 11.8 Å². The third-order valence-corrected chi connectivity index (χ3v) is 5.51. The predicted molar refractivity (Wildman–Crippen MR) is 89.1 cm³/mol. The van der Waals surface area contributed by atoms with Crippen LogP contribution in [0.3, 0.4) is 0 Å². The molecule has 0 amide bonds. The van der Waals surface area contributed by atoms with Crippen LogP contribution in [0.4, 0.5) is 0 Å². The molecule has 114 valence electrons. The summed E-state index contributed by atoms with van der Waals surface area (Å²) in [4.78, 5) is 2.76. The number of nitrogens with zero attached hydrogens (tertiary/aromatic N) is 1. The van der Waals surface area contributed by atoms with Gasteiger partial charge in [0.15, 0.2) is 0 Å². The first-order chi connectivity index (χ1) is 9.10. The largest absolute Gasteiger partial charge is 0.311 e. The molecule has 1 heterocycles. The van der Waals surface area contributed by atoms with Gasteiger partial charge in [0, 0.05) is 25.2 Å². The van der Waals surface area contributed by atoms with Crippen molar-refractivity contribution in [2.45, 2.75) is 59.5 Å². The van der Waals surface area contributed by atoms with E-state index in [0.29, 0.717) is 6.04 Å². The SMILES string of the molecule is CCSCCCN1CC(C(C)CC)NCC1C(C)C. The summed E-state index contributed by atoms with van der Waals surface area (Å²) >= 11 is 2.08. The highest BCUT2D eigenvalue weighted by atomic mass is 32.2. The summed E-state index contributed by atoms with van der Waals surface area (Å²) in [6.07, 6.45) is 2.62. The first-order valence-electron chi connectivity index (χ1n) is 8.15. The lowest BCUT2D eigenvalue weighted by Gasteiger charge is -2.44. The van der Waals surface area contributed by atoms with E-state index in [1.54, 1.807) is 0 Å². The Hall–Kier alpha value is 0.270. The zero-order chi connectivity index (χ0) is 14.3.